The second-order valence-corrected chi connectivity index (χ2v) is 7.24. The number of hydrogen-bond acceptors (Lipinski definition) is 7. The van der Waals surface area contributed by atoms with Crippen LogP contribution in [0.1, 0.15) is 57.3 Å². The highest BCUT2D eigenvalue weighted by atomic mass is 16.5. The molecule has 0 spiro atoms. The third-order valence-corrected chi connectivity index (χ3v) is 4.85. The van der Waals surface area contributed by atoms with Crippen LogP contribution in [0.2, 0.25) is 0 Å². The van der Waals surface area contributed by atoms with Crippen LogP contribution in [0.25, 0.3) is 0 Å². The summed E-state index contributed by atoms with van der Waals surface area (Å²) in [5.41, 5.74) is 0.683. The van der Waals surface area contributed by atoms with Crippen molar-refractivity contribution in [2.75, 3.05) is 7.11 Å². The molecule has 0 heterocycles. The molecule has 1 N–H and O–H groups in total. The quantitative estimate of drug-likeness (QED) is 0.272. The Bertz CT molecular complexity index is 1130. The summed E-state index contributed by atoms with van der Waals surface area (Å²) in [7, 11) is 1.53. The zero-order chi connectivity index (χ0) is 23.8. The number of aromatic hydroxyl groups is 1. The summed E-state index contributed by atoms with van der Waals surface area (Å²) in [6, 6.07) is 16.3. The number of phenols is 1. The van der Waals surface area contributed by atoms with Crippen LogP contribution in [0.3, 0.4) is 0 Å². The number of phenolic OH excluding ortho intramolecular Hbond substituents is 1. The van der Waals surface area contributed by atoms with E-state index < -0.39 is 11.9 Å². The van der Waals surface area contributed by atoms with E-state index in [1.807, 2.05) is 6.92 Å². The molecule has 0 amide bonds. The summed E-state index contributed by atoms with van der Waals surface area (Å²) in [6.45, 7) is 1.96. The summed E-state index contributed by atoms with van der Waals surface area (Å²) in [4.78, 5) is 37.8. The Kier molecular flexibility index (Phi) is 7.81. The first kappa shape index (κ1) is 23.5. The van der Waals surface area contributed by atoms with E-state index in [0.29, 0.717) is 17.7 Å². The van der Waals surface area contributed by atoms with Crippen LogP contribution in [0.4, 0.5) is 0 Å². The van der Waals surface area contributed by atoms with E-state index in [0.717, 1.165) is 6.42 Å². The fraction of sp³-hybridized carbons (Fsp3) is 0.192. The molecular weight excluding hydrogens is 424 g/mol. The SMILES string of the molecule is CCCCC(=O)c1cc(OC(=O)c2ccc(OC)cc2)ccc1OC(=O)c1ccc(O)cc1. The number of esters is 2. The lowest BCUT2D eigenvalue weighted by Crippen LogP contribution is -2.13. The summed E-state index contributed by atoms with van der Waals surface area (Å²) in [6.07, 6.45) is 1.75. The lowest BCUT2D eigenvalue weighted by atomic mass is 10.0. The van der Waals surface area contributed by atoms with Crippen LogP contribution in [0, 0.1) is 0 Å². The molecule has 0 radical (unpaired) electrons. The number of Topliss-reactive ketones (excluding diaryl/α,β-unsaturated/α-hetero) is 1. The van der Waals surface area contributed by atoms with Crippen molar-refractivity contribution in [2.45, 2.75) is 26.2 Å². The molecule has 7 nitrogen and oxygen atoms in total. The minimum atomic E-state index is -0.678. The molecule has 0 aliphatic heterocycles. The van der Waals surface area contributed by atoms with E-state index in [1.165, 1.54) is 49.6 Å². The van der Waals surface area contributed by atoms with Crippen LogP contribution in [0.15, 0.2) is 66.7 Å². The van der Waals surface area contributed by atoms with Gasteiger partial charge in [-0.2, -0.15) is 0 Å². The molecule has 0 aromatic heterocycles. The van der Waals surface area contributed by atoms with Crippen molar-refractivity contribution in [1.82, 2.24) is 0 Å². The molecule has 3 aromatic rings. The molecular formula is C26H24O7. The van der Waals surface area contributed by atoms with E-state index in [1.54, 1.807) is 24.3 Å². The molecule has 0 aliphatic carbocycles. The Labute approximate surface area is 191 Å². The van der Waals surface area contributed by atoms with Gasteiger partial charge in [-0.3, -0.25) is 4.79 Å². The molecule has 0 saturated heterocycles. The van der Waals surface area contributed by atoms with Crippen LogP contribution in [-0.2, 0) is 0 Å². The molecule has 170 valence electrons. The monoisotopic (exact) mass is 448 g/mol. The van der Waals surface area contributed by atoms with Gasteiger partial charge in [-0.05, 0) is 73.2 Å². The van der Waals surface area contributed by atoms with Crippen LogP contribution in [-0.4, -0.2) is 29.9 Å². The summed E-state index contributed by atoms with van der Waals surface area (Å²) in [5.74, 6) is -0.660. The van der Waals surface area contributed by atoms with Crippen molar-refractivity contribution < 1.29 is 33.7 Å². The zero-order valence-corrected chi connectivity index (χ0v) is 18.4. The Morgan fingerprint density at radius 3 is 1.97 bits per heavy atom. The first-order valence-electron chi connectivity index (χ1n) is 10.5. The van der Waals surface area contributed by atoms with E-state index in [2.05, 4.69) is 0 Å². The van der Waals surface area contributed by atoms with Gasteiger partial charge in [0.05, 0.1) is 23.8 Å². The number of ether oxygens (including phenoxy) is 3. The van der Waals surface area contributed by atoms with Gasteiger partial charge in [0.2, 0.25) is 0 Å². The third kappa shape index (κ3) is 6.20. The first-order valence-corrected chi connectivity index (χ1v) is 10.5. The highest BCUT2D eigenvalue weighted by molar-refractivity contribution is 6.01. The number of ketones is 1. The maximum absolute atomic E-state index is 12.8. The predicted molar refractivity (Wildman–Crippen MR) is 121 cm³/mol. The van der Waals surface area contributed by atoms with Crippen molar-refractivity contribution >= 4 is 17.7 Å². The van der Waals surface area contributed by atoms with Gasteiger partial charge in [-0.25, -0.2) is 9.59 Å². The van der Waals surface area contributed by atoms with Gasteiger partial charge in [0.15, 0.2) is 5.78 Å². The summed E-state index contributed by atoms with van der Waals surface area (Å²) in [5, 5.41) is 9.39. The van der Waals surface area contributed by atoms with Gasteiger partial charge in [0.25, 0.3) is 0 Å². The second-order valence-electron chi connectivity index (χ2n) is 7.24. The maximum atomic E-state index is 12.8. The fourth-order valence-electron chi connectivity index (χ4n) is 3.00. The molecule has 0 atom stereocenters. The van der Waals surface area contributed by atoms with Gasteiger partial charge in [0.1, 0.15) is 23.0 Å². The Balaban J connectivity index is 1.84. The van der Waals surface area contributed by atoms with E-state index in [-0.39, 0.29) is 40.6 Å². The molecule has 0 unspecified atom stereocenters. The standard InChI is InChI=1S/C26H24O7/c1-3-4-5-23(28)22-16-21(32-25(29)18-8-12-20(31-2)13-9-18)14-15-24(22)33-26(30)17-6-10-19(27)11-7-17/h6-16,27H,3-5H2,1-2H3. The second kappa shape index (κ2) is 10.9. The van der Waals surface area contributed by atoms with Gasteiger partial charge in [-0.15, -0.1) is 0 Å². The zero-order valence-electron chi connectivity index (χ0n) is 18.4. The maximum Gasteiger partial charge on any atom is 0.343 e. The average Bonchev–Trinajstić information content (AvgIpc) is 2.83. The van der Waals surface area contributed by atoms with Gasteiger partial charge >= 0.3 is 11.9 Å². The Hall–Kier alpha value is -4.13. The average molecular weight is 448 g/mol. The highest BCUT2D eigenvalue weighted by Gasteiger charge is 2.19. The molecule has 3 rings (SSSR count). The van der Waals surface area contributed by atoms with Crippen molar-refractivity contribution in [3.8, 4) is 23.0 Å². The number of unbranched alkanes of at least 4 members (excludes halogenated alkanes) is 1. The predicted octanol–water partition coefficient (Wildman–Crippen LogP) is 5.21. The topological polar surface area (TPSA) is 99.1 Å². The number of benzene rings is 3. The lowest BCUT2D eigenvalue weighted by Gasteiger charge is -2.12. The smallest absolute Gasteiger partial charge is 0.343 e. The molecule has 3 aromatic carbocycles. The van der Waals surface area contributed by atoms with Crippen molar-refractivity contribution in [3.63, 3.8) is 0 Å². The number of methoxy groups -OCH3 is 1. The molecule has 0 fully saturated rings. The van der Waals surface area contributed by atoms with Crippen molar-refractivity contribution in [2.24, 2.45) is 0 Å². The minimum Gasteiger partial charge on any atom is -0.508 e. The van der Waals surface area contributed by atoms with E-state index >= 15 is 0 Å². The van der Waals surface area contributed by atoms with E-state index in [9.17, 15) is 19.5 Å². The molecule has 0 bridgehead atoms. The summed E-state index contributed by atoms with van der Waals surface area (Å²) < 4.78 is 16.0. The minimum absolute atomic E-state index is 0.0185. The molecule has 33 heavy (non-hydrogen) atoms. The largest absolute Gasteiger partial charge is 0.508 e. The normalized spacial score (nSPS) is 10.4. The van der Waals surface area contributed by atoms with Crippen molar-refractivity contribution in [1.29, 1.82) is 0 Å². The van der Waals surface area contributed by atoms with Crippen LogP contribution < -0.4 is 14.2 Å². The molecule has 7 heteroatoms. The number of hydrogen-bond donors (Lipinski definition) is 1. The Morgan fingerprint density at radius 1 is 0.788 bits per heavy atom. The van der Waals surface area contributed by atoms with E-state index in [4.69, 9.17) is 14.2 Å². The number of carbonyl (C=O) groups is 3. The lowest BCUT2D eigenvalue weighted by molar-refractivity contribution is 0.0716. The Morgan fingerprint density at radius 2 is 1.36 bits per heavy atom. The van der Waals surface area contributed by atoms with Crippen LogP contribution in [0.5, 0.6) is 23.0 Å². The third-order valence-electron chi connectivity index (χ3n) is 4.85. The molecule has 0 saturated carbocycles. The first-order chi connectivity index (χ1) is 15.9. The van der Waals surface area contributed by atoms with Gasteiger partial charge < -0.3 is 19.3 Å². The van der Waals surface area contributed by atoms with Crippen LogP contribution >= 0.6 is 0 Å². The number of carbonyl (C=O) groups excluding carboxylic acids is 3. The highest BCUT2D eigenvalue weighted by Crippen LogP contribution is 2.28. The van der Waals surface area contributed by atoms with Gasteiger partial charge in [0, 0.05) is 6.42 Å². The summed E-state index contributed by atoms with van der Waals surface area (Å²) >= 11 is 0. The number of rotatable bonds is 9. The van der Waals surface area contributed by atoms with Crippen molar-refractivity contribution in [3.05, 3.63) is 83.4 Å². The molecule has 0 aliphatic rings. The fourth-order valence-corrected chi connectivity index (χ4v) is 3.00. The van der Waals surface area contributed by atoms with Gasteiger partial charge in [-0.1, -0.05) is 13.3 Å².